The van der Waals surface area contributed by atoms with Crippen LogP contribution in [0.15, 0.2) is 30.3 Å². The van der Waals surface area contributed by atoms with Crippen molar-refractivity contribution in [3.8, 4) is 5.75 Å². The number of aryl methyl sites for hydroxylation is 2. The molecule has 0 atom stereocenters. The molecule has 19 heavy (non-hydrogen) atoms. The maximum Gasteiger partial charge on any atom is 0.339 e. The van der Waals surface area contributed by atoms with Crippen molar-refractivity contribution in [3.63, 3.8) is 0 Å². The molecule has 0 fully saturated rings. The molecule has 0 amide bonds. The van der Waals surface area contributed by atoms with E-state index >= 15 is 0 Å². The van der Waals surface area contributed by atoms with Crippen LogP contribution in [0.25, 0.3) is 0 Å². The number of para-hydroxylation sites is 1. The van der Waals surface area contributed by atoms with Crippen LogP contribution in [-0.4, -0.2) is 27.5 Å². The first-order valence-electron chi connectivity index (χ1n) is 6.04. The molecule has 5 heteroatoms. The molecule has 1 aromatic carbocycles. The zero-order valence-corrected chi connectivity index (χ0v) is 11.0. The van der Waals surface area contributed by atoms with Crippen molar-refractivity contribution in [3.05, 3.63) is 47.3 Å². The van der Waals surface area contributed by atoms with Gasteiger partial charge in [-0.25, -0.2) is 4.79 Å². The Morgan fingerprint density at radius 1 is 1.37 bits per heavy atom. The van der Waals surface area contributed by atoms with E-state index in [4.69, 9.17) is 9.84 Å². The van der Waals surface area contributed by atoms with Gasteiger partial charge < -0.3 is 9.84 Å². The number of carboxylic acids is 1. The highest BCUT2D eigenvalue weighted by molar-refractivity contribution is 5.90. The van der Waals surface area contributed by atoms with Gasteiger partial charge >= 0.3 is 5.97 Å². The summed E-state index contributed by atoms with van der Waals surface area (Å²) in [5, 5.41) is 13.4. The molecule has 0 bridgehead atoms. The average Bonchev–Trinajstić information content (AvgIpc) is 2.68. The topological polar surface area (TPSA) is 64.3 Å². The van der Waals surface area contributed by atoms with E-state index in [1.165, 1.54) is 6.07 Å². The van der Waals surface area contributed by atoms with E-state index in [1.54, 1.807) is 18.2 Å². The zero-order valence-electron chi connectivity index (χ0n) is 11.0. The highest BCUT2D eigenvalue weighted by atomic mass is 16.5. The third kappa shape index (κ3) is 3.13. The van der Waals surface area contributed by atoms with Crippen LogP contribution in [0, 0.1) is 13.8 Å². The Morgan fingerprint density at radius 3 is 2.74 bits per heavy atom. The minimum Gasteiger partial charge on any atom is -0.491 e. The predicted molar refractivity (Wildman–Crippen MR) is 70.6 cm³/mol. The first kappa shape index (κ1) is 13.1. The summed E-state index contributed by atoms with van der Waals surface area (Å²) < 4.78 is 7.37. The molecule has 2 rings (SSSR count). The van der Waals surface area contributed by atoms with Crippen LogP contribution in [-0.2, 0) is 6.54 Å². The van der Waals surface area contributed by atoms with Crippen LogP contribution in [0.1, 0.15) is 21.7 Å². The second-order valence-electron chi connectivity index (χ2n) is 4.30. The SMILES string of the molecule is Cc1cc(C)n(CCOc2ccccc2C(=O)O)n1. The standard InChI is InChI=1S/C14H16N2O3/c1-10-9-11(2)16(15-10)7-8-19-13-6-4-3-5-12(13)14(17)18/h3-6,9H,7-8H2,1-2H3,(H,17,18). The normalized spacial score (nSPS) is 10.4. The van der Waals surface area contributed by atoms with Gasteiger partial charge in [0.25, 0.3) is 0 Å². The Kier molecular flexibility index (Phi) is 3.85. The number of aromatic nitrogens is 2. The van der Waals surface area contributed by atoms with E-state index in [0.29, 0.717) is 18.9 Å². The fourth-order valence-corrected chi connectivity index (χ4v) is 1.91. The van der Waals surface area contributed by atoms with Gasteiger partial charge in [0.05, 0.1) is 12.2 Å². The molecule has 0 unspecified atom stereocenters. The van der Waals surface area contributed by atoms with Crippen LogP contribution in [0.5, 0.6) is 5.75 Å². The molecule has 5 nitrogen and oxygen atoms in total. The van der Waals surface area contributed by atoms with Gasteiger partial charge in [-0.2, -0.15) is 5.10 Å². The molecule has 0 aliphatic heterocycles. The van der Waals surface area contributed by atoms with Crippen molar-refractivity contribution in [1.82, 2.24) is 9.78 Å². The third-order valence-corrected chi connectivity index (χ3v) is 2.78. The Labute approximate surface area is 111 Å². The summed E-state index contributed by atoms with van der Waals surface area (Å²) in [6, 6.07) is 8.61. The van der Waals surface area contributed by atoms with E-state index in [-0.39, 0.29) is 5.56 Å². The summed E-state index contributed by atoms with van der Waals surface area (Å²) in [5.41, 5.74) is 2.20. The molecule has 2 aromatic rings. The molecular weight excluding hydrogens is 244 g/mol. The highest BCUT2D eigenvalue weighted by Gasteiger charge is 2.10. The minimum atomic E-state index is -0.985. The van der Waals surface area contributed by atoms with Gasteiger partial charge in [-0.3, -0.25) is 4.68 Å². The Balaban J connectivity index is 2.00. The third-order valence-electron chi connectivity index (χ3n) is 2.78. The zero-order chi connectivity index (χ0) is 13.8. The van der Waals surface area contributed by atoms with Crippen molar-refractivity contribution < 1.29 is 14.6 Å². The predicted octanol–water partition coefficient (Wildman–Crippen LogP) is 2.28. The quantitative estimate of drug-likeness (QED) is 0.895. The van der Waals surface area contributed by atoms with E-state index in [9.17, 15) is 4.79 Å². The lowest BCUT2D eigenvalue weighted by Crippen LogP contribution is -2.12. The monoisotopic (exact) mass is 260 g/mol. The largest absolute Gasteiger partial charge is 0.491 e. The average molecular weight is 260 g/mol. The maximum atomic E-state index is 11.0. The van der Waals surface area contributed by atoms with Crippen molar-refractivity contribution in [2.45, 2.75) is 20.4 Å². The smallest absolute Gasteiger partial charge is 0.339 e. The van der Waals surface area contributed by atoms with Crippen molar-refractivity contribution in [2.24, 2.45) is 0 Å². The molecule has 100 valence electrons. The molecule has 0 aliphatic carbocycles. The number of aromatic carboxylic acids is 1. The van der Waals surface area contributed by atoms with E-state index < -0.39 is 5.97 Å². The lowest BCUT2D eigenvalue weighted by atomic mass is 10.2. The van der Waals surface area contributed by atoms with Gasteiger partial charge in [0, 0.05) is 5.69 Å². The number of hydrogen-bond donors (Lipinski definition) is 1. The molecule has 0 aliphatic rings. The van der Waals surface area contributed by atoms with Gasteiger partial charge in [-0.05, 0) is 32.0 Å². The number of rotatable bonds is 5. The molecule has 1 N–H and O–H groups in total. The highest BCUT2D eigenvalue weighted by Crippen LogP contribution is 2.17. The van der Waals surface area contributed by atoms with Gasteiger partial charge in [0.15, 0.2) is 0 Å². The second kappa shape index (κ2) is 5.56. The van der Waals surface area contributed by atoms with Crippen LogP contribution in [0.4, 0.5) is 0 Å². The number of benzene rings is 1. The number of ether oxygens (including phenoxy) is 1. The number of carbonyl (C=O) groups is 1. The van der Waals surface area contributed by atoms with Crippen molar-refractivity contribution in [1.29, 1.82) is 0 Å². The summed E-state index contributed by atoms with van der Waals surface area (Å²) in [7, 11) is 0. The molecule has 1 heterocycles. The van der Waals surface area contributed by atoms with Gasteiger partial charge in [-0.1, -0.05) is 12.1 Å². The van der Waals surface area contributed by atoms with E-state index in [2.05, 4.69) is 5.10 Å². The molecule has 0 spiro atoms. The van der Waals surface area contributed by atoms with Gasteiger partial charge in [-0.15, -0.1) is 0 Å². The van der Waals surface area contributed by atoms with Gasteiger partial charge in [0.2, 0.25) is 0 Å². The van der Waals surface area contributed by atoms with Crippen LogP contribution >= 0.6 is 0 Å². The number of nitrogens with zero attached hydrogens (tertiary/aromatic N) is 2. The molecule has 1 aromatic heterocycles. The first-order valence-corrected chi connectivity index (χ1v) is 6.04. The first-order chi connectivity index (χ1) is 9.08. The summed E-state index contributed by atoms with van der Waals surface area (Å²) in [5.74, 6) is -0.599. The fourth-order valence-electron chi connectivity index (χ4n) is 1.91. The minimum absolute atomic E-state index is 0.177. The van der Waals surface area contributed by atoms with Crippen LogP contribution in [0.3, 0.4) is 0 Å². The molecule has 0 saturated carbocycles. The summed E-state index contributed by atoms with van der Waals surface area (Å²) in [6.07, 6.45) is 0. The number of carboxylic acid groups (broad SMARTS) is 1. The lowest BCUT2D eigenvalue weighted by Gasteiger charge is -2.09. The number of hydrogen-bond acceptors (Lipinski definition) is 3. The Morgan fingerprint density at radius 2 is 2.11 bits per heavy atom. The summed E-state index contributed by atoms with van der Waals surface area (Å²) >= 11 is 0. The molecular formula is C14H16N2O3. The Hall–Kier alpha value is -2.30. The van der Waals surface area contributed by atoms with Crippen LogP contribution in [0.2, 0.25) is 0 Å². The second-order valence-corrected chi connectivity index (χ2v) is 4.30. The maximum absolute atomic E-state index is 11.0. The van der Waals surface area contributed by atoms with E-state index in [0.717, 1.165) is 11.4 Å². The molecule has 0 radical (unpaired) electrons. The lowest BCUT2D eigenvalue weighted by molar-refractivity contribution is 0.0692. The summed E-state index contributed by atoms with van der Waals surface area (Å²) in [4.78, 5) is 11.0. The van der Waals surface area contributed by atoms with Crippen molar-refractivity contribution in [2.75, 3.05) is 6.61 Å². The van der Waals surface area contributed by atoms with Crippen LogP contribution < -0.4 is 4.74 Å². The summed E-state index contributed by atoms with van der Waals surface area (Å²) in [6.45, 7) is 4.88. The van der Waals surface area contributed by atoms with Crippen molar-refractivity contribution >= 4 is 5.97 Å². The molecule has 0 saturated heterocycles. The Bertz CT molecular complexity index is 590. The van der Waals surface area contributed by atoms with Gasteiger partial charge in [0.1, 0.15) is 17.9 Å². The fraction of sp³-hybridized carbons (Fsp3) is 0.286. The van der Waals surface area contributed by atoms with E-state index in [1.807, 2.05) is 24.6 Å².